The largest absolute Gasteiger partial charge is 0.393 e. The average molecular weight is 568 g/mol. The highest BCUT2D eigenvalue weighted by Gasteiger charge is 2.32. The van der Waals surface area contributed by atoms with Gasteiger partial charge >= 0.3 is 0 Å². The van der Waals surface area contributed by atoms with Gasteiger partial charge in [0.1, 0.15) is 0 Å². The van der Waals surface area contributed by atoms with Gasteiger partial charge in [-0.1, -0.05) is 187 Å². The molecule has 0 aliphatic carbocycles. The molecule has 0 aromatic rings. The SMILES string of the molecule is CCCCCCCCCCCCCCCCCC(=O)C(N)(O)CC(O)CCCCCCCCCCCCCCC. The first-order valence-corrected chi connectivity index (χ1v) is 18.2. The van der Waals surface area contributed by atoms with E-state index in [9.17, 15) is 15.0 Å². The smallest absolute Gasteiger partial charge is 0.179 e. The molecule has 0 spiro atoms. The van der Waals surface area contributed by atoms with Crippen LogP contribution in [0.2, 0.25) is 0 Å². The van der Waals surface area contributed by atoms with E-state index in [2.05, 4.69) is 13.8 Å². The Morgan fingerprint density at radius 2 is 0.800 bits per heavy atom. The Bertz CT molecular complexity index is 522. The summed E-state index contributed by atoms with van der Waals surface area (Å²) in [5.41, 5.74) is 4.03. The van der Waals surface area contributed by atoms with E-state index in [-0.39, 0.29) is 12.2 Å². The van der Waals surface area contributed by atoms with E-state index >= 15 is 0 Å². The van der Waals surface area contributed by atoms with Crippen molar-refractivity contribution in [3.8, 4) is 0 Å². The standard InChI is InChI=1S/C36H73NO3/c1-3-5-7-9-11-13-15-17-18-20-22-24-26-28-30-32-35(39)36(37,40)33-34(38)31-29-27-25-23-21-19-16-14-12-10-8-6-4-2/h34,38,40H,3-33,37H2,1-2H3. The highest BCUT2D eigenvalue weighted by atomic mass is 16.3. The Balaban J connectivity index is 3.55. The van der Waals surface area contributed by atoms with E-state index in [1.165, 1.54) is 148 Å². The molecule has 0 bridgehead atoms. The predicted octanol–water partition coefficient (Wildman–Crippen LogP) is 10.7. The minimum absolute atomic E-state index is 0.0389. The fraction of sp³-hybridized carbons (Fsp3) is 0.972. The summed E-state index contributed by atoms with van der Waals surface area (Å²) in [6.07, 6.45) is 36.3. The van der Waals surface area contributed by atoms with Crippen molar-refractivity contribution >= 4 is 5.78 Å². The zero-order chi connectivity index (χ0) is 29.6. The molecular weight excluding hydrogens is 494 g/mol. The molecule has 4 heteroatoms. The molecular formula is C36H73NO3. The molecule has 4 nitrogen and oxygen atoms in total. The van der Waals surface area contributed by atoms with Crippen molar-refractivity contribution in [2.24, 2.45) is 5.73 Å². The molecule has 2 unspecified atom stereocenters. The number of rotatable bonds is 33. The number of aliphatic hydroxyl groups is 2. The Morgan fingerprint density at radius 1 is 0.525 bits per heavy atom. The van der Waals surface area contributed by atoms with E-state index in [1.54, 1.807) is 0 Å². The van der Waals surface area contributed by atoms with Gasteiger partial charge in [-0.25, -0.2) is 0 Å². The van der Waals surface area contributed by atoms with Crippen molar-refractivity contribution in [3.05, 3.63) is 0 Å². The fourth-order valence-corrected chi connectivity index (χ4v) is 5.85. The van der Waals surface area contributed by atoms with Crippen molar-refractivity contribution in [2.75, 3.05) is 0 Å². The van der Waals surface area contributed by atoms with Gasteiger partial charge in [0.15, 0.2) is 11.5 Å². The van der Waals surface area contributed by atoms with Crippen LogP contribution < -0.4 is 5.73 Å². The van der Waals surface area contributed by atoms with Crippen LogP contribution in [0.3, 0.4) is 0 Å². The summed E-state index contributed by atoms with van der Waals surface area (Å²) < 4.78 is 0. The lowest BCUT2D eigenvalue weighted by molar-refractivity contribution is -0.140. The van der Waals surface area contributed by atoms with Gasteiger partial charge in [-0.3, -0.25) is 10.5 Å². The maximum Gasteiger partial charge on any atom is 0.179 e. The van der Waals surface area contributed by atoms with Crippen molar-refractivity contribution < 1.29 is 15.0 Å². The summed E-state index contributed by atoms with van der Waals surface area (Å²) in [5.74, 6) is -0.313. The first-order chi connectivity index (χ1) is 19.4. The third kappa shape index (κ3) is 27.7. The molecule has 0 saturated heterocycles. The van der Waals surface area contributed by atoms with Crippen molar-refractivity contribution in [3.63, 3.8) is 0 Å². The molecule has 0 radical (unpaired) electrons. The fourth-order valence-electron chi connectivity index (χ4n) is 5.85. The molecule has 0 rings (SSSR count). The molecule has 0 saturated carbocycles. The predicted molar refractivity (Wildman–Crippen MR) is 175 cm³/mol. The van der Waals surface area contributed by atoms with Gasteiger partial charge in [0, 0.05) is 12.8 Å². The van der Waals surface area contributed by atoms with Crippen LogP contribution in [0.25, 0.3) is 0 Å². The topological polar surface area (TPSA) is 83.6 Å². The molecule has 0 heterocycles. The van der Waals surface area contributed by atoms with Gasteiger partial charge in [0.2, 0.25) is 0 Å². The molecule has 240 valence electrons. The van der Waals surface area contributed by atoms with E-state index in [0.29, 0.717) is 12.8 Å². The Kier molecular flexibility index (Phi) is 29.7. The molecule has 40 heavy (non-hydrogen) atoms. The molecule has 4 N–H and O–H groups in total. The minimum atomic E-state index is -1.88. The van der Waals surface area contributed by atoms with Crippen molar-refractivity contribution in [2.45, 2.75) is 225 Å². The van der Waals surface area contributed by atoms with Crippen LogP contribution in [0.1, 0.15) is 213 Å². The van der Waals surface area contributed by atoms with Gasteiger partial charge in [0.25, 0.3) is 0 Å². The van der Waals surface area contributed by atoms with Gasteiger partial charge in [-0.2, -0.15) is 0 Å². The molecule has 0 amide bonds. The van der Waals surface area contributed by atoms with Gasteiger partial charge in [0.05, 0.1) is 6.10 Å². The van der Waals surface area contributed by atoms with E-state index in [4.69, 9.17) is 5.73 Å². The van der Waals surface area contributed by atoms with Crippen LogP contribution in [0.4, 0.5) is 0 Å². The molecule has 0 aliphatic rings. The number of carbonyl (C=O) groups is 1. The zero-order valence-electron chi connectivity index (χ0n) is 27.4. The van der Waals surface area contributed by atoms with Crippen LogP contribution in [0.5, 0.6) is 0 Å². The van der Waals surface area contributed by atoms with Gasteiger partial charge < -0.3 is 10.2 Å². The lowest BCUT2D eigenvalue weighted by Gasteiger charge is -2.24. The van der Waals surface area contributed by atoms with Gasteiger partial charge in [-0.15, -0.1) is 0 Å². The summed E-state index contributed by atoms with van der Waals surface area (Å²) >= 11 is 0. The summed E-state index contributed by atoms with van der Waals surface area (Å²) in [6.45, 7) is 4.54. The normalized spacial score (nSPS) is 13.9. The average Bonchev–Trinajstić information content (AvgIpc) is 2.93. The Labute approximate surface area is 251 Å². The van der Waals surface area contributed by atoms with E-state index in [1.807, 2.05) is 0 Å². The highest BCUT2D eigenvalue weighted by molar-refractivity contribution is 5.86. The number of hydrogen-bond acceptors (Lipinski definition) is 4. The summed E-state index contributed by atoms with van der Waals surface area (Å²) in [4.78, 5) is 12.4. The summed E-state index contributed by atoms with van der Waals surface area (Å²) in [6, 6.07) is 0. The lowest BCUT2D eigenvalue weighted by Crippen LogP contribution is -2.50. The van der Waals surface area contributed by atoms with Gasteiger partial charge in [-0.05, 0) is 12.8 Å². The number of ketones is 1. The number of nitrogens with two attached hydrogens (primary N) is 1. The molecule has 2 atom stereocenters. The lowest BCUT2D eigenvalue weighted by atomic mass is 9.94. The molecule has 0 aromatic heterocycles. The first kappa shape index (κ1) is 39.5. The van der Waals surface area contributed by atoms with Crippen LogP contribution in [0, 0.1) is 0 Å². The molecule has 0 fully saturated rings. The van der Waals surface area contributed by atoms with Crippen molar-refractivity contribution in [1.82, 2.24) is 0 Å². The maximum atomic E-state index is 12.4. The van der Waals surface area contributed by atoms with E-state index < -0.39 is 11.8 Å². The van der Waals surface area contributed by atoms with E-state index in [0.717, 1.165) is 32.1 Å². The van der Waals surface area contributed by atoms with Crippen LogP contribution in [0.15, 0.2) is 0 Å². The second-order valence-corrected chi connectivity index (χ2v) is 12.9. The monoisotopic (exact) mass is 568 g/mol. The second-order valence-electron chi connectivity index (χ2n) is 12.9. The van der Waals surface area contributed by atoms with Crippen LogP contribution in [-0.2, 0) is 4.79 Å². The summed E-state index contributed by atoms with van der Waals surface area (Å²) in [7, 11) is 0. The number of Topliss-reactive ketones (excluding diaryl/α,β-unsaturated/α-hetero) is 1. The van der Waals surface area contributed by atoms with Crippen LogP contribution in [-0.4, -0.2) is 27.8 Å². The third-order valence-electron chi connectivity index (χ3n) is 8.68. The first-order valence-electron chi connectivity index (χ1n) is 18.2. The second kappa shape index (κ2) is 30.0. The number of aliphatic hydroxyl groups excluding tert-OH is 1. The Morgan fingerprint density at radius 3 is 1.12 bits per heavy atom. The Hall–Kier alpha value is -0.450. The van der Waals surface area contributed by atoms with Crippen molar-refractivity contribution in [1.29, 1.82) is 0 Å². The molecule has 0 aliphatic heterocycles. The minimum Gasteiger partial charge on any atom is -0.393 e. The zero-order valence-corrected chi connectivity index (χ0v) is 27.4. The van der Waals surface area contributed by atoms with Crippen LogP contribution >= 0.6 is 0 Å². The number of carbonyl (C=O) groups excluding carboxylic acids is 1. The highest BCUT2D eigenvalue weighted by Crippen LogP contribution is 2.19. The summed E-state index contributed by atoms with van der Waals surface area (Å²) in [5, 5.41) is 20.8. The quantitative estimate of drug-likeness (QED) is 0.0544. The number of unbranched alkanes of at least 4 members (excludes halogenated alkanes) is 26. The maximum absolute atomic E-state index is 12.4. The molecule has 0 aromatic carbocycles. The number of hydrogen-bond donors (Lipinski definition) is 3. The third-order valence-corrected chi connectivity index (χ3v) is 8.68.